The quantitative estimate of drug-likeness (QED) is 0.366. The molecule has 206 valence electrons. The second-order valence-corrected chi connectivity index (χ2v) is 9.97. The minimum Gasteiger partial charge on any atom is -0.321 e. The van der Waals surface area contributed by atoms with E-state index >= 15 is 0 Å². The number of carbonyl (C=O) groups is 1. The van der Waals surface area contributed by atoms with Crippen molar-refractivity contribution in [1.82, 2.24) is 29.4 Å². The van der Waals surface area contributed by atoms with Gasteiger partial charge in [0, 0.05) is 38.4 Å². The summed E-state index contributed by atoms with van der Waals surface area (Å²) in [6.45, 7) is 4.96. The van der Waals surface area contributed by atoms with Crippen molar-refractivity contribution in [3.8, 4) is 11.8 Å². The zero-order valence-corrected chi connectivity index (χ0v) is 22.5. The van der Waals surface area contributed by atoms with Gasteiger partial charge in [0.2, 0.25) is 0 Å². The first-order valence-electron chi connectivity index (χ1n) is 12.5. The number of piperazine rings is 1. The first kappa shape index (κ1) is 27.6. The number of nitrogens with one attached hydrogen (secondary N) is 1. The van der Waals surface area contributed by atoms with Crippen LogP contribution in [0.5, 0.6) is 0 Å². The average Bonchev–Trinajstić information content (AvgIpc) is 3.31. The molecule has 1 aliphatic heterocycles. The highest BCUT2D eigenvalue weighted by atomic mass is 35.5. The molecule has 0 bridgehead atoms. The van der Waals surface area contributed by atoms with Crippen LogP contribution in [0.4, 0.5) is 18.9 Å². The van der Waals surface area contributed by atoms with Crippen molar-refractivity contribution in [2.24, 2.45) is 0 Å². The lowest BCUT2D eigenvalue weighted by atomic mass is 10.0. The van der Waals surface area contributed by atoms with Crippen LogP contribution in [0.1, 0.15) is 38.6 Å². The van der Waals surface area contributed by atoms with Gasteiger partial charge in [-0.15, -0.1) is 0 Å². The van der Waals surface area contributed by atoms with Gasteiger partial charge in [0.1, 0.15) is 22.2 Å². The van der Waals surface area contributed by atoms with Gasteiger partial charge in [0.15, 0.2) is 5.65 Å². The number of hydrogen-bond acceptors (Lipinski definition) is 6. The molecule has 0 atom stereocenters. The Labute approximate surface area is 233 Å². The molecule has 8 nitrogen and oxygen atoms in total. The molecule has 0 radical (unpaired) electrons. The number of pyridine rings is 1. The van der Waals surface area contributed by atoms with Crippen LogP contribution in [0.3, 0.4) is 0 Å². The molecule has 5 rings (SSSR count). The molecule has 0 spiro atoms. The van der Waals surface area contributed by atoms with Crippen LogP contribution in [-0.2, 0) is 12.7 Å². The predicted molar refractivity (Wildman–Crippen MR) is 145 cm³/mol. The summed E-state index contributed by atoms with van der Waals surface area (Å²) in [5.41, 5.74) is 1.55. The Morgan fingerprint density at radius 3 is 2.60 bits per heavy atom. The van der Waals surface area contributed by atoms with Crippen LogP contribution < -0.4 is 5.32 Å². The van der Waals surface area contributed by atoms with Gasteiger partial charge in [-0.1, -0.05) is 23.7 Å². The SMILES string of the molecule is Cc1ccc(C(=O)Nc2ccc(CN3CCN(C)CC3)c(C(F)(F)F)c2)nc1C#Cc1cnc2ccc(Cl)nn12. The van der Waals surface area contributed by atoms with Gasteiger partial charge in [-0.05, 0) is 67.3 Å². The van der Waals surface area contributed by atoms with E-state index in [0.717, 1.165) is 24.7 Å². The number of hydrogen-bond donors (Lipinski definition) is 1. The lowest BCUT2D eigenvalue weighted by Gasteiger charge is -2.33. The number of imidazole rings is 1. The van der Waals surface area contributed by atoms with Gasteiger partial charge in [0.05, 0.1) is 11.8 Å². The predicted octanol–water partition coefficient (Wildman–Crippen LogP) is 4.50. The Morgan fingerprint density at radius 2 is 1.85 bits per heavy atom. The largest absolute Gasteiger partial charge is 0.416 e. The maximum Gasteiger partial charge on any atom is 0.416 e. The summed E-state index contributed by atoms with van der Waals surface area (Å²) >= 11 is 5.97. The lowest BCUT2D eigenvalue weighted by Crippen LogP contribution is -2.44. The molecular formula is C28H25ClF3N7O. The van der Waals surface area contributed by atoms with Gasteiger partial charge in [0.25, 0.3) is 5.91 Å². The van der Waals surface area contributed by atoms with E-state index in [9.17, 15) is 18.0 Å². The van der Waals surface area contributed by atoms with Crippen molar-refractivity contribution < 1.29 is 18.0 Å². The molecule has 0 aliphatic carbocycles. The Hall–Kier alpha value is -3.98. The third kappa shape index (κ3) is 6.25. The summed E-state index contributed by atoms with van der Waals surface area (Å²) in [6.07, 6.45) is -3.02. The van der Waals surface area contributed by atoms with Gasteiger partial charge < -0.3 is 10.2 Å². The molecule has 1 N–H and O–H groups in total. The zero-order valence-electron chi connectivity index (χ0n) is 21.8. The van der Waals surface area contributed by atoms with Crippen LogP contribution in [0.15, 0.2) is 48.7 Å². The summed E-state index contributed by atoms with van der Waals surface area (Å²) in [4.78, 5) is 25.7. The standard InChI is InChI=1S/C28H25ClF3N7O/c1-18-3-7-24(35-23(18)8-6-21-16-33-26-10-9-25(29)36-39(21)26)27(40)34-20-5-4-19(22(15-20)28(30,31)32)17-38-13-11-37(2)12-14-38/h3-5,7,9-10,15-16H,11-14,17H2,1-2H3,(H,34,40). The van der Waals surface area contributed by atoms with E-state index in [0.29, 0.717) is 30.1 Å². The second-order valence-electron chi connectivity index (χ2n) is 9.58. The van der Waals surface area contributed by atoms with E-state index < -0.39 is 17.6 Å². The monoisotopic (exact) mass is 567 g/mol. The minimum atomic E-state index is -4.57. The number of benzene rings is 1. The van der Waals surface area contributed by atoms with Crippen molar-refractivity contribution in [3.63, 3.8) is 0 Å². The number of halogens is 4. The van der Waals surface area contributed by atoms with Gasteiger partial charge in [-0.25, -0.2) is 14.5 Å². The number of amides is 1. The number of likely N-dealkylation sites (N-methyl/N-ethyl adjacent to an activating group) is 1. The van der Waals surface area contributed by atoms with E-state index in [4.69, 9.17) is 11.6 Å². The highest BCUT2D eigenvalue weighted by Gasteiger charge is 2.34. The van der Waals surface area contributed by atoms with E-state index in [-0.39, 0.29) is 28.6 Å². The summed E-state index contributed by atoms with van der Waals surface area (Å²) in [5, 5.41) is 7.00. The van der Waals surface area contributed by atoms with Crippen LogP contribution in [0.2, 0.25) is 5.15 Å². The molecule has 4 aromatic rings. The van der Waals surface area contributed by atoms with Gasteiger partial charge in [-0.2, -0.15) is 18.3 Å². The smallest absolute Gasteiger partial charge is 0.321 e. The number of anilines is 1. The molecule has 0 unspecified atom stereocenters. The fourth-order valence-corrected chi connectivity index (χ4v) is 4.48. The Morgan fingerprint density at radius 1 is 1.07 bits per heavy atom. The molecule has 0 saturated carbocycles. The van der Waals surface area contributed by atoms with Gasteiger partial charge >= 0.3 is 6.18 Å². The molecule has 4 heterocycles. The highest BCUT2D eigenvalue weighted by Crippen LogP contribution is 2.34. The molecule has 1 aliphatic rings. The molecule has 3 aromatic heterocycles. The topological polar surface area (TPSA) is 78.7 Å². The minimum absolute atomic E-state index is 0.0179. The lowest BCUT2D eigenvalue weighted by molar-refractivity contribution is -0.138. The van der Waals surface area contributed by atoms with Crippen LogP contribution >= 0.6 is 11.6 Å². The Bertz CT molecular complexity index is 1630. The summed E-state index contributed by atoms with van der Waals surface area (Å²) in [7, 11) is 1.99. The van der Waals surface area contributed by atoms with E-state index in [1.54, 1.807) is 31.3 Å². The van der Waals surface area contributed by atoms with E-state index in [2.05, 4.69) is 37.1 Å². The number of fused-ring (bicyclic) bond motifs is 1. The molecule has 40 heavy (non-hydrogen) atoms. The first-order chi connectivity index (χ1) is 19.1. The normalized spacial score (nSPS) is 14.7. The summed E-state index contributed by atoms with van der Waals surface area (Å²) in [5.74, 6) is 5.21. The van der Waals surface area contributed by atoms with Crippen LogP contribution in [-0.4, -0.2) is 68.5 Å². The molecular weight excluding hydrogens is 543 g/mol. The summed E-state index contributed by atoms with van der Waals surface area (Å²) in [6, 6.07) is 10.4. The third-order valence-corrected chi connectivity index (χ3v) is 6.83. The maximum atomic E-state index is 13.9. The second kappa shape index (κ2) is 11.3. The maximum absolute atomic E-state index is 13.9. The number of nitrogens with zero attached hydrogens (tertiary/aromatic N) is 6. The first-order valence-corrected chi connectivity index (χ1v) is 12.9. The molecule has 12 heteroatoms. The number of carbonyl (C=O) groups excluding carboxylic acids is 1. The zero-order chi connectivity index (χ0) is 28.4. The van der Waals surface area contributed by atoms with E-state index in [1.165, 1.54) is 22.7 Å². The third-order valence-electron chi connectivity index (χ3n) is 6.63. The van der Waals surface area contributed by atoms with E-state index in [1.807, 2.05) is 11.9 Å². The molecule has 1 amide bonds. The number of aryl methyl sites for hydroxylation is 1. The average molecular weight is 568 g/mol. The van der Waals surface area contributed by atoms with Crippen molar-refractivity contribution in [2.75, 3.05) is 38.5 Å². The molecule has 1 aromatic carbocycles. The fourth-order valence-electron chi connectivity index (χ4n) is 4.34. The van der Waals surface area contributed by atoms with Crippen molar-refractivity contribution in [1.29, 1.82) is 0 Å². The Kier molecular flexibility index (Phi) is 7.76. The highest BCUT2D eigenvalue weighted by molar-refractivity contribution is 6.29. The van der Waals surface area contributed by atoms with Gasteiger partial charge in [-0.3, -0.25) is 9.69 Å². The van der Waals surface area contributed by atoms with Crippen LogP contribution in [0, 0.1) is 18.8 Å². The number of aromatic nitrogens is 4. The van der Waals surface area contributed by atoms with Crippen molar-refractivity contribution in [2.45, 2.75) is 19.6 Å². The summed E-state index contributed by atoms with van der Waals surface area (Å²) < 4.78 is 43.3. The fraction of sp³-hybridized carbons (Fsp3) is 0.286. The van der Waals surface area contributed by atoms with Crippen molar-refractivity contribution in [3.05, 3.63) is 87.6 Å². The van der Waals surface area contributed by atoms with Crippen molar-refractivity contribution >= 4 is 28.8 Å². The molecule has 1 fully saturated rings. The van der Waals surface area contributed by atoms with Crippen LogP contribution in [0.25, 0.3) is 5.65 Å². The Balaban J connectivity index is 1.35. The number of rotatable bonds is 4. The number of alkyl halides is 3. The molecule has 1 saturated heterocycles.